The highest BCUT2D eigenvalue weighted by atomic mass is 16.3. The summed E-state index contributed by atoms with van der Waals surface area (Å²) in [5, 5.41) is 9.12. The van der Waals surface area contributed by atoms with Gasteiger partial charge in [-0.05, 0) is 38.0 Å². The summed E-state index contributed by atoms with van der Waals surface area (Å²) in [4.78, 5) is 0. The van der Waals surface area contributed by atoms with Crippen molar-refractivity contribution >= 4 is 0 Å². The van der Waals surface area contributed by atoms with Crippen molar-refractivity contribution < 1.29 is 5.11 Å². The summed E-state index contributed by atoms with van der Waals surface area (Å²) < 4.78 is 0. The van der Waals surface area contributed by atoms with E-state index in [1.165, 1.54) is 17.2 Å². The fourth-order valence-corrected chi connectivity index (χ4v) is 0.837. The van der Waals surface area contributed by atoms with Gasteiger partial charge in [-0.15, -0.1) is 0 Å². The quantitative estimate of drug-likeness (QED) is 0.485. The summed E-state index contributed by atoms with van der Waals surface area (Å²) in [7, 11) is 0. The first-order chi connectivity index (χ1) is 5.11. The van der Waals surface area contributed by atoms with Gasteiger partial charge >= 0.3 is 0 Å². The Labute approximate surface area is 68.7 Å². The molecule has 1 heteroatoms. The highest BCUT2D eigenvalue weighted by molar-refractivity contribution is 5.27. The van der Waals surface area contributed by atoms with Gasteiger partial charge in [0.1, 0.15) is 5.76 Å². The zero-order valence-electron chi connectivity index (χ0n) is 7.52. The normalized spacial score (nSPS) is 11.0. The van der Waals surface area contributed by atoms with Crippen LogP contribution in [0.15, 0.2) is 35.6 Å². The zero-order chi connectivity index (χ0) is 8.85. The molecule has 0 saturated carbocycles. The molecular formula is C10H16O. The minimum Gasteiger partial charge on any atom is -0.508 e. The monoisotopic (exact) mass is 152 g/mol. The van der Waals surface area contributed by atoms with E-state index in [9.17, 15) is 0 Å². The Morgan fingerprint density at radius 1 is 1.45 bits per heavy atom. The number of hydrogen-bond acceptors (Lipinski definition) is 1. The van der Waals surface area contributed by atoms with E-state index < -0.39 is 0 Å². The Balaban J connectivity index is 4.57. The highest BCUT2D eigenvalue weighted by Gasteiger charge is 1.93. The Morgan fingerprint density at radius 2 is 2.00 bits per heavy atom. The molecule has 0 bridgehead atoms. The molecule has 0 unspecified atom stereocenters. The third-order valence-electron chi connectivity index (χ3n) is 1.55. The van der Waals surface area contributed by atoms with Gasteiger partial charge in [-0.3, -0.25) is 0 Å². The average molecular weight is 152 g/mol. The molecule has 11 heavy (non-hydrogen) atoms. The van der Waals surface area contributed by atoms with Gasteiger partial charge in [-0.25, -0.2) is 0 Å². The third-order valence-corrected chi connectivity index (χ3v) is 1.55. The maximum absolute atomic E-state index is 9.12. The van der Waals surface area contributed by atoms with Crippen molar-refractivity contribution in [2.45, 2.75) is 27.2 Å². The first kappa shape index (κ1) is 10.0. The van der Waals surface area contributed by atoms with Crippen LogP contribution in [-0.2, 0) is 0 Å². The molecule has 0 spiro atoms. The molecule has 0 aromatic heterocycles. The lowest BCUT2D eigenvalue weighted by molar-refractivity contribution is 0.432. The van der Waals surface area contributed by atoms with Crippen LogP contribution in [0, 0.1) is 0 Å². The third kappa shape index (κ3) is 3.66. The maximum Gasteiger partial charge on any atom is 0.115 e. The smallest absolute Gasteiger partial charge is 0.115 e. The molecule has 0 aromatic carbocycles. The van der Waals surface area contributed by atoms with Crippen molar-refractivity contribution in [3.63, 3.8) is 0 Å². The van der Waals surface area contributed by atoms with Crippen LogP contribution >= 0.6 is 0 Å². The number of hydrogen-bond donors (Lipinski definition) is 1. The SMILES string of the molecule is C=C/C(O)=C\C(CC)=C(C)C. The van der Waals surface area contributed by atoms with E-state index in [-0.39, 0.29) is 5.76 Å². The molecule has 0 aliphatic heterocycles. The Bertz CT molecular complexity index is 193. The van der Waals surface area contributed by atoms with Crippen LogP contribution in [0.5, 0.6) is 0 Å². The second-order valence-corrected chi connectivity index (χ2v) is 2.65. The summed E-state index contributed by atoms with van der Waals surface area (Å²) in [6.45, 7) is 9.60. The summed E-state index contributed by atoms with van der Waals surface area (Å²) >= 11 is 0. The van der Waals surface area contributed by atoms with Gasteiger partial charge in [0.05, 0.1) is 0 Å². The van der Waals surface area contributed by atoms with Crippen molar-refractivity contribution in [3.05, 3.63) is 35.6 Å². The summed E-state index contributed by atoms with van der Waals surface area (Å²) in [5.41, 5.74) is 2.41. The Hall–Kier alpha value is -0.980. The Kier molecular flexibility index (Phi) is 4.35. The average Bonchev–Trinajstić information content (AvgIpc) is 1.99. The fourth-order valence-electron chi connectivity index (χ4n) is 0.837. The molecule has 0 aromatic rings. The highest BCUT2D eigenvalue weighted by Crippen LogP contribution is 2.11. The minimum atomic E-state index is 0.239. The van der Waals surface area contributed by atoms with Crippen molar-refractivity contribution in [2.24, 2.45) is 0 Å². The molecule has 0 amide bonds. The minimum absolute atomic E-state index is 0.239. The molecular weight excluding hydrogens is 136 g/mol. The maximum atomic E-state index is 9.12. The van der Waals surface area contributed by atoms with Crippen LogP contribution in [0.1, 0.15) is 27.2 Å². The molecule has 0 rings (SSSR count). The number of allylic oxidation sites excluding steroid dienone is 4. The van der Waals surface area contributed by atoms with Crippen molar-refractivity contribution in [1.29, 1.82) is 0 Å². The largest absolute Gasteiger partial charge is 0.508 e. The summed E-state index contributed by atoms with van der Waals surface area (Å²) in [6, 6.07) is 0. The lowest BCUT2D eigenvalue weighted by atomic mass is 10.1. The molecule has 62 valence electrons. The van der Waals surface area contributed by atoms with Crippen LogP contribution < -0.4 is 0 Å². The van der Waals surface area contributed by atoms with Crippen LogP contribution in [0.2, 0.25) is 0 Å². The lowest BCUT2D eigenvalue weighted by Gasteiger charge is -2.00. The van der Waals surface area contributed by atoms with Crippen LogP contribution in [0.4, 0.5) is 0 Å². The van der Waals surface area contributed by atoms with E-state index >= 15 is 0 Å². The summed E-state index contributed by atoms with van der Waals surface area (Å²) in [5.74, 6) is 0.239. The molecule has 0 aliphatic rings. The van der Waals surface area contributed by atoms with E-state index in [1.54, 1.807) is 6.08 Å². The van der Waals surface area contributed by atoms with Gasteiger partial charge in [0, 0.05) is 0 Å². The van der Waals surface area contributed by atoms with E-state index in [4.69, 9.17) is 5.11 Å². The molecule has 0 fully saturated rings. The van der Waals surface area contributed by atoms with Gasteiger partial charge in [-0.2, -0.15) is 0 Å². The van der Waals surface area contributed by atoms with Crippen LogP contribution in [0.3, 0.4) is 0 Å². The van der Waals surface area contributed by atoms with Crippen molar-refractivity contribution in [2.75, 3.05) is 0 Å². The standard InChI is InChI=1S/C10H16O/c1-5-9(8(3)4)7-10(11)6-2/h6-7,11H,2,5H2,1,3-4H3/b10-7+. The molecule has 1 nitrogen and oxygen atoms in total. The van der Waals surface area contributed by atoms with Gasteiger partial charge in [0.25, 0.3) is 0 Å². The molecule has 0 heterocycles. The van der Waals surface area contributed by atoms with Crippen molar-refractivity contribution in [1.82, 2.24) is 0 Å². The number of aliphatic hydroxyl groups is 1. The number of aliphatic hydroxyl groups excluding tert-OH is 1. The lowest BCUT2D eigenvalue weighted by Crippen LogP contribution is -1.82. The van der Waals surface area contributed by atoms with Gasteiger partial charge in [-0.1, -0.05) is 19.1 Å². The molecule has 0 saturated heterocycles. The Morgan fingerprint density at radius 3 is 2.27 bits per heavy atom. The molecule has 0 aliphatic carbocycles. The van der Waals surface area contributed by atoms with Crippen LogP contribution in [-0.4, -0.2) is 5.11 Å². The van der Waals surface area contributed by atoms with E-state index in [0.29, 0.717) is 0 Å². The second kappa shape index (κ2) is 4.78. The van der Waals surface area contributed by atoms with E-state index in [2.05, 4.69) is 13.5 Å². The first-order valence-corrected chi connectivity index (χ1v) is 3.81. The predicted octanol–water partition coefficient (Wildman–Crippen LogP) is 3.36. The van der Waals surface area contributed by atoms with E-state index in [0.717, 1.165) is 6.42 Å². The van der Waals surface area contributed by atoms with Crippen LogP contribution in [0.25, 0.3) is 0 Å². The van der Waals surface area contributed by atoms with Gasteiger partial charge in [0.2, 0.25) is 0 Å². The van der Waals surface area contributed by atoms with Crippen molar-refractivity contribution in [3.8, 4) is 0 Å². The fraction of sp³-hybridized carbons (Fsp3) is 0.400. The van der Waals surface area contributed by atoms with E-state index in [1.807, 2.05) is 13.8 Å². The first-order valence-electron chi connectivity index (χ1n) is 3.81. The molecule has 1 N–H and O–H groups in total. The van der Waals surface area contributed by atoms with Gasteiger partial charge in [0.15, 0.2) is 0 Å². The molecule has 0 atom stereocenters. The van der Waals surface area contributed by atoms with Gasteiger partial charge < -0.3 is 5.11 Å². The second-order valence-electron chi connectivity index (χ2n) is 2.65. The molecule has 0 radical (unpaired) electrons. The summed E-state index contributed by atoms with van der Waals surface area (Å²) in [6.07, 6.45) is 4.14. The predicted molar refractivity (Wildman–Crippen MR) is 49.6 cm³/mol. The zero-order valence-corrected chi connectivity index (χ0v) is 7.52. The number of rotatable bonds is 3. The topological polar surface area (TPSA) is 20.2 Å².